The maximum atomic E-state index is 6.07. The standard InChI is InChI=1S/C10H10BrClN4O/c1-5-8(12)6(2)16(15-5)10-13-4-7(11)9(14-10)17-3/h4H,1-3H3. The van der Waals surface area contributed by atoms with E-state index in [9.17, 15) is 0 Å². The Balaban J connectivity index is 2.57. The Hall–Kier alpha value is -1.14. The van der Waals surface area contributed by atoms with E-state index in [0.717, 1.165) is 11.4 Å². The van der Waals surface area contributed by atoms with Crippen LogP contribution in [-0.4, -0.2) is 26.9 Å². The lowest BCUT2D eigenvalue weighted by molar-refractivity contribution is 0.392. The Morgan fingerprint density at radius 3 is 2.65 bits per heavy atom. The zero-order valence-electron chi connectivity index (χ0n) is 9.53. The molecule has 0 unspecified atom stereocenters. The van der Waals surface area contributed by atoms with Crippen molar-refractivity contribution in [3.8, 4) is 11.8 Å². The molecule has 0 N–H and O–H groups in total. The molecule has 0 aromatic carbocycles. The molecule has 0 amide bonds. The van der Waals surface area contributed by atoms with Crippen LogP contribution in [0.15, 0.2) is 10.7 Å². The molecule has 0 saturated heterocycles. The third-order valence-corrected chi connectivity index (χ3v) is 3.38. The van der Waals surface area contributed by atoms with Gasteiger partial charge in [-0.25, -0.2) is 9.67 Å². The number of methoxy groups -OCH3 is 1. The van der Waals surface area contributed by atoms with E-state index < -0.39 is 0 Å². The van der Waals surface area contributed by atoms with Gasteiger partial charge in [0.05, 0.1) is 34.2 Å². The SMILES string of the molecule is COc1nc(-n2nc(C)c(Cl)c2C)ncc1Br. The molecule has 2 rings (SSSR count). The molecular weight excluding hydrogens is 307 g/mol. The van der Waals surface area contributed by atoms with Crippen molar-refractivity contribution >= 4 is 27.5 Å². The summed E-state index contributed by atoms with van der Waals surface area (Å²) in [4.78, 5) is 8.41. The highest BCUT2D eigenvalue weighted by atomic mass is 79.9. The summed E-state index contributed by atoms with van der Waals surface area (Å²) in [5, 5.41) is 4.89. The summed E-state index contributed by atoms with van der Waals surface area (Å²) in [6.45, 7) is 3.70. The number of ether oxygens (including phenoxy) is 1. The summed E-state index contributed by atoms with van der Waals surface area (Å²) in [6.07, 6.45) is 1.62. The fourth-order valence-corrected chi connectivity index (χ4v) is 1.88. The molecule has 0 fully saturated rings. The van der Waals surface area contributed by atoms with Crippen LogP contribution in [0.4, 0.5) is 0 Å². The van der Waals surface area contributed by atoms with E-state index in [2.05, 4.69) is 31.0 Å². The highest BCUT2D eigenvalue weighted by Crippen LogP contribution is 2.24. The van der Waals surface area contributed by atoms with E-state index in [0.29, 0.717) is 21.3 Å². The van der Waals surface area contributed by atoms with E-state index >= 15 is 0 Å². The van der Waals surface area contributed by atoms with Gasteiger partial charge >= 0.3 is 0 Å². The molecule has 5 nitrogen and oxygen atoms in total. The van der Waals surface area contributed by atoms with Gasteiger partial charge in [0, 0.05) is 0 Å². The van der Waals surface area contributed by atoms with Crippen molar-refractivity contribution < 1.29 is 4.74 Å². The minimum Gasteiger partial charge on any atom is -0.480 e. The monoisotopic (exact) mass is 316 g/mol. The number of hydrogen-bond acceptors (Lipinski definition) is 4. The summed E-state index contributed by atoms with van der Waals surface area (Å²) >= 11 is 9.37. The van der Waals surface area contributed by atoms with E-state index in [1.54, 1.807) is 18.0 Å². The quantitative estimate of drug-likeness (QED) is 0.854. The van der Waals surface area contributed by atoms with Crippen LogP contribution in [0.5, 0.6) is 5.88 Å². The van der Waals surface area contributed by atoms with Crippen molar-refractivity contribution in [1.29, 1.82) is 0 Å². The fourth-order valence-electron chi connectivity index (χ4n) is 1.41. The number of aromatic nitrogens is 4. The lowest BCUT2D eigenvalue weighted by atomic mass is 10.4. The van der Waals surface area contributed by atoms with Gasteiger partial charge in [-0.2, -0.15) is 10.1 Å². The first-order chi connectivity index (χ1) is 8.04. The highest BCUT2D eigenvalue weighted by Gasteiger charge is 2.14. The van der Waals surface area contributed by atoms with Crippen molar-refractivity contribution in [3.63, 3.8) is 0 Å². The first kappa shape index (κ1) is 12.3. The van der Waals surface area contributed by atoms with Crippen LogP contribution in [0.3, 0.4) is 0 Å². The maximum absolute atomic E-state index is 6.07. The normalized spacial score (nSPS) is 10.6. The van der Waals surface area contributed by atoms with Crippen LogP contribution in [0.25, 0.3) is 5.95 Å². The van der Waals surface area contributed by atoms with Crippen LogP contribution in [0.2, 0.25) is 5.02 Å². The van der Waals surface area contributed by atoms with Gasteiger partial charge in [-0.3, -0.25) is 0 Å². The van der Waals surface area contributed by atoms with Crippen molar-refractivity contribution in [3.05, 3.63) is 27.1 Å². The lowest BCUT2D eigenvalue weighted by Gasteiger charge is -2.05. The molecule has 7 heteroatoms. The molecule has 0 saturated carbocycles. The summed E-state index contributed by atoms with van der Waals surface area (Å²) in [5.74, 6) is 0.885. The molecule has 0 aliphatic rings. The van der Waals surface area contributed by atoms with Gasteiger partial charge in [0.15, 0.2) is 0 Å². The zero-order chi connectivity index (χ0) is 12.6. The van der Waals surface area contributed by atoms with Crippen LogP contribution < -0.4 is 4.74 Å². The predicted octanol–water partition coefficient (Wildman–Crippen LogP) is 2.70. The molecule has 2 aromatic heterocycles. The molecule has 0 aliphatic heterocycles. The predicted molar refractivity (Wildman–Crippen MR) is 67.9 cm³/mol. The molecular formula is C10H10BrClN4O. The second kappa shape index (κ2) is 4.62. The first-order valence-corrected chi connectivity index (χ1v) is 6.00. The van der Waals surface area contributed by atoms with Gasteiger partial charge in [0.25, 0.3) is 5.95 Å². The Morgan fingerprint density at radius 1 is 1.41 bits per heavy atom. The second-order valence-electron chi connectivity index (χ2n) is 3.42. The van der Waals surface area contributed by atoms with Crippen molar-refractivity contribution in [1.82, 2.24) is 19.7 Å². The summed E-state index contributed by atoms with van der Waals surface area (Å²) in [5.41, 5.74) is 1.54. The molecule has 0 aliphatic carbocycles. The topological polar surface area (TPSA) is 52.8 Å². The van der Waals surface area contributed by atoms with Gasteiger partial charge in [-0.15, -0.1) is 0 Å². The zero-order valence-corrected chi connectivity index (χ0v) is 11.9. The minimum atomic E-state index is 0.428. The average Bonchev–Trinajstić information content (AvgIpc) is 2.58. The van der Waals surface area contributed by atoms with Crippen LogP contribution in [-0.2, 0) is 0 Å². The average molecular weight is 318 g/mol. The fraction of sp³-hybridized carbons (Fsp3) is 0.300. The number of halogens is 2. The van der Waals surface area contributed by atoms with Crippen molar-refractivity contribution in [2.45, 2.75) is 13.8 Å². The van der Waals surface area contributed by atoms with Gasteiger partial charge in [-0.05, 0) is 29.8 Å². The molecule has 0 bridgehead atoms. The Kier molecular flexibility index (Phi) is 3.35. The Morgan fingerprint density at radius 2 is 2.12 bits per heavy atom. The van der Waals surface area contributed by atoms with Gasteiger partial charge < -0.3 is 4.74 Å². The third-order valence-electron chi connectivity index (χ3n) is 2.29. The molecule has 17 heavy (non-hydrogen) atoms. The van der Waals surface area contributed by atoms with E-state index in [1.165, 1.54) is 0 Å². The Bertz CT molecular complexity index is 570. The van der Waals surface area contributed by atoms with E-state index in [1.807, 2.05) is 13.8 Å². The van der Waals surface area contributed by atoms with Gasteiger partial charge in [0.2, 0.25) is 5.88 Å². The Labute approximate surface area is 112 Å². The summed E-state index contributed by atoms with van der Waals surface area (Å²) in [6, 6.07) is 0. The van der Waals surface area contributed by atoms with Crippen LogP contribution in [0.1, 0.15) is 11.4 Å². The first-order valence-electron chi connectivity index (χ1n) is 4.83. The molecule has 2 heterocycles. The second-order valence-corrected chi connectivity index (χ2v) is 4.66. The van der Waals surface area contributed by atoms with E-state index in [-0.39, 0.29) is 0 Å². The maximum Gasteiger partial charge on any atom is 0.254 e. The molecule has 0 atom stereocenters. The number of hydrogen-bond donors (Lipinski definition) is 0. The summed E-state index contributed by atoms with van der Waals surface area (Å²) < 4.78 is 7.39. The summed E-state index contributed by atoms with van der Waals surface area (Å²) in [7, 11) is 1.55. The van der Waals surface area contributed by atoms with Crippen LogP contribution >= 0.6 is 27.5 Å². The lowest BCUT2D eigenvalue weighted by Crippen LogP contribution is -2.06. The number of aryl methyl sites for hydroxylation is 1. The minimum absolute atomic E-state index is 0.428. The molecule has 0 spiro atoms. The molecule has 90 valence electrons. The molecule has 0 radical (unpaired) electrons. The third kappa shape index (κ3) is 2.14. The van der Waals surface area contributed by atoms with Crippen molar-refractivity contribution in [2.24, 2.45) is 0 Å². The van der Waals surface area contributed by atoms with Crippen molar-refractivity contribution in [2.75, 3.05) is 7.11 Å². The smallest absolute Gasteiger partial charge is 0.254 e. The van der Waals surface area contributed by atoms with Gasteiger partial charge in [-0.1, -0.05) is 11.6 Å². The number of rotatable bonds is 2. The highest BCUT2D eigenvalue weighted by molar-refractivity contribution is 9.10. The molecule has 2 aromatic rings. The van der Waals surface area contributed by atoms with Gasteiger partial charge in [0.1, 0.15) is 0 Å². The van der Waals surface area contributed by atoms with Crippen LogP contribution in [0, 0.1) is 13.8 Å². The number of nitrogens with zero attached hydrogens (tertiary/aromatic N) is 4. The largest absolute Gasteiger partial charge is 0.480 e. The van der Waals surface area contributed by atoms with E-state index in [4.69, 9.17) is 16.3 Å².